The quantitative estimate of drug-likeness (QED) is 0.570. The Hall–Kier alpha value is -2.91. The highest BCUT2D eigenvalue weighted by atomic mass is 16.5. The molecule has 0 amide bonds. The molecule has 4 rings (SSSR count). The normalized spacial score (nSPS) is 15.4. The van der Waals surface area contributed by atoms with E-state index in [1.54, 1.807) is 14.2 Å². The van der Waals surface area contributed by atoms with Crippen molar-refractivity contribution < 1.29 is 14.0 Å². The minimum absolute atomic E-state index is 0.553. The highest BCUT2D eigenvalue weighted by molar-refractivity contribution is 5.60. The molecule has 1 saturated heterocycles. The van der Waals surface area contributed by atoms with Crippen LogP contribution in [0.4, 0.5) is 0 Å². The molecule has 3 aromatic rings. The van der Waals surface area contributed by atoms with E-state index in [0.29, 0.717) is 29.8 Å². The zero-order chi connectivity index (χ0) is 22.0. The Bertz CT molecular complexity index is 1040. The van der Waals surface area contributed by atoms with Crippen molar-refractivity contribution in [1.82, 2.24) is 29.7 Å². The first-order valence-corrected chi connectivity index (χ1v) is 10.5. The molecule has 9 nitrogen and oxygen atoms in total. The van der Waals surface area contributed by atoms with Gasteiger partial charge in [-0.2, -0.15) is 10.1 Å². The Balaban J connectivity index is 1.34. The second-order valence-corrected chi connectivity index (χ2v) is 7.91. The summed E-state index contributed by atoms with van der Waals surface area (Å²) in [6.07, 6.45) is 0. The molecule has 0 spiro atoms. The summed E-state index contributed by atoms with van der Waals surface area (Å²) in [5.74, 6) is 2.49. The van der Waals surface area contributed by atoms with Crippen LogP contribution < -0.4 is 9.47 Å². The molecule has 3 heterocycles. The smallest absolute Gasteiger partial charge is 0.241 e. The maximum Gasteiger partial charge on any atom is 0.241 e. The highest BCUT2D eigenvalue weighted by Crippen LogP contribution is 2.31. The molecule has 0 N–H and O–H groups in total. The van der Waals surface area contributed by atoms with Crippen LogP contribution in [0.1, 0.15) is 22.8 Å². The number of hydrogen-bond donors (Lipinski definition) is 0. The molecule has 0 radical (unpaired) electrons. The molecule has 31 heavy (non-hydrogen) atoms. The molecule has 0 unspecified atom stereocenters. The van der Waals surface area contributed by atoms with Crippen LogP contribution in [0.15, 0.2) is 22.7 Å². The summed E-state index contributed by atoms with van der Waals surface area (Å²) in [5, 5.41) is 8.68. The van der Waals surface area contributed by atoms with Crippen molar-refractivity contribution in [1.29, 1.82) is 0 Å². The number of benzene rings is 1. The van der Waals surface area contributed by atoms with E-state index in [0.717, 1.165) is 44.0 Å². The lowest BCUT2D eigenvalue weighted by molar-refractivity contribution is 0.112. The van der Waals surface area contributed by atoms with Gasteiger partial charge >= 0.3 is 0 Å². The van der Waals surface area contributed by atoms with Crippen molar-refractivity contribution in [2.45, 2.75) is 26.9 Å². The number of piperazine rings is 1. The van der Waals surface area contributed by atoms with Crippen LogP contribution >= 0.6 is 0 Å². The number of nitrogens with zero attached hydrogens (tertiary/aromatic N) is 6. The van der Waals surface area contributed by atoms with Crippen LogP contribution in [0.25, 0.3) is 11.4 Å². The van der Waals surface area contributed by atoms with Crippen LogP contribution in [0, 0.1) is 13.8 Å². The predicted octanol–water partition coefficient (Wildman–Crippen LogP) is 2.42. The van der Waals surface area contributed by atoms with Crippen LogP contribution in [0.5, 0.6) is 11.5 Å². The van der Waals surface area contributed by atoms with Crippen molar-refractivity contribution in [3.8, 4) is 22.9 Å². The van der Waals surface area contributed by atoms with Crippen LogP contribution in [-0.4, -0.2) is 70.1 Å². The molecule has 0 bridgehead atoms. The van der Waals surface area contributed by atoms with Gasteiger partial charge < -0.3 is 14.0 Å². The molecule has 2 aromatic heterocycles. The third-order valence-electron chi connectivity index (χ3n) is 5.97. The van der Waals surface area contributed by atoms with Gasteiger partial charge in [0.2, 0.25) is 11.7 Å². The minimum atomic E-state index is 0.553. The topological polar surface area (TPSA) is 81.7 Å². The molecule has 0 aliphatic carbocycles. The molecule has 1 fully saturated rings. The fourth-order valence-corrected chi connectivity index (χ4v) is 3.98. The first-order chi connectivity index (χ1) is 15.0. The molecule has 1 aromatic carbocycles. The lowest BCUT2D eigenvalue weighted by Gasteiger charge is -2.33. The minimum Gasteiger partial charge on any atom is -0.493 e. The Morgan fingerprint density at radius 3 is 2.26 bits per heavy atom. The Labute approximate surface area is 182 Å². The molecule has 166 valence electrons. The van der Waals surface area contributed by atoms with E-state index in [1.807, 2.05) is 29.9 Å². The molecule has 0 saturated carbocycles. The third-order valence-corrected chi connectivity index (χ3v) is 5.97. The molecule has 9 heteroatoms. The fourth-order valence-electron chi connectivity index (χ4n) is 3.98. The van der Waals surface area contributed by atoms with Crippen molar-refractivity contribution in [3.05, 3.63) is 41.0 Å². The summed E-state index contributed by atoms with van der Waals surface area (Å²) in [4.78, 5) is 9.41. The maximum atomic E-state index is 5.51. The van der Waals surface area contributed by atoms with Crippen molar-refractivity contribution in [2.24, 2.45) is 7.05 Å². The summed E-state index contributed by atoms with van der Waals surface area (Å²) in [5.41, 5.74) is 4.54. The number of aryl methyl sites for hydroxylation is 2. The summed E-state index contributed by atoms with van der Waals surface area (Å²) in [6, 6.07) is 5.60. The van der Waals surface area contributed by atoms with Gasteiger partial charge in [0, 0.05) is 56.6 Å². The predicted molar refractivity (Wildman–Crippen MR) is 116 cm³/mol. The second-order valence-electron chi connectivity index (χ2n) is 7.91. The van der Waals surface area contributed by atoms with Crippen molar-refractivity contribution in [3.63, 3.8) is 0 Å². The number of aromatic nitrogens is 4. The molecular weight excluding hydrogens is 396 g/mol. The van der Waals surface area contributed by atoms with E-state index >= 15 is 0 Å². The van der Waals surface area contributed by atoms with Gasteiger partial charge in [0.15, 0.2) is 11.5 Å². The second kappa shape index (κ2) is 9.07. The molecular formula is C22H30N6O3. The third kappa shape index (κ3) is 4.57. The monoisotopic (exact) mass is 426 g/mol. The molecule has 0 atom stereocenters. The van der Waals surface area contributed by atoms with E-state index in [2.05, 4.69) is 38.9 Å². The number of methoxy groups -OCH3 is 2. The van der Waals surface area contributed by atoms with Crippen molar-refractivity contribution >= 4 is 0 Å². The van der Waals surface area contributed by atoms with Crippen molar-refractivity contribution in [2.75, 3.05) is 40.4 Å². The molecule has 1 aliphatic rings. The van der Waals surface area contributed by atoms with Crippen LogP contribution in [0.2, 0.25) is 0 Å². The summed E-state index contributed by atoms with van der Waals surface area (Å²) in [6.45, 7) is 9.76. The lowest BCUT2D eigenvalue weighted by atomic mass is 10.1. The standard InChI is InChI=1S/C22H30N6O3/c1-15-18(16(2)26(3)24-15)13-27-8-10-28(11-9-27)14-21-23-22(25-31-21)17-6-7-19(29-4)20(12-17)30-5/h6-7,12H,8-11,13-14H2,1-5H3. The van der Waals surface area contributed by atoms with Gasteiger partial charge in [0.25, 0.3) is 0 Å². The van der Waals surface area contributed by atoms with Gasteiger partial charge in [-0.3, -0.25) is 14.5 Å². The van der Waals surface area contributed by atoms with E-state index in [1.165, 1.54) is 11.3 Å². The van der Waals surface area contributed by atoms with Gasteiger partial charge in [0.1, 0.15) is 0 Å². The Morgan fingerprint density at radius 2 is 1.65 bits per heavy atom. The Morgan fingerprint density at radius 1 is 0.968 bits per heavy atom. The summed E-state index contributed by atoms with van der Waals surface area (Å²) >= 11 is 0. The van der Waals surface area contributed by atoms with E-state index < -0.39 is 0 Å². The zero-order valence-electron chi connectivity index (χ0n) is 18.9. The Kier molecular flexibility index (Phi) is 6.24. The number of hydrogen-bond acceptors (Lipinski definition) is 8. The fraction of sp³-hybridized carbons (Fsp3) is 0.500. The summed E-state index contributed by atoms with van der Waals surface area (Å²) < 4.78 is 18.1. The van der Waals surface area contributed by atoms with Crippen LogP contribution in [0.3, 0.4) is 0 Å². The van der Waals surface area contributed by atoms with Gasteiger partial charge in [-0.15, -0.1) is 0 Å². The summed E-state index contributed by atoms with van der Waals surface area (Å²) in [7, 11) is 5.23. The first kappa shape index (κ1) is 21.3. The highest BCUT2D eigenvalue weighted by Gasteiger charge is 2.22. The van der Waals surface area contributed by atoms with Gasteiger partial charge in [0.05, 0.1) is 26.5 Å². The zero-order valence-corrected chi connectivity index (χ0v) is 18.9. The van der Waals surface area contributed by atoms with E-state index in [4.69, 9.17) is 14.0 Å². The van der Waals surface area contributed by atoms with E-state index in [9.17, 15) is 0 Å². The van der Waals surface area contributed by atoms with Gasteiger partial charge in [-0.1, -0.05) is 5.16 Å². The van der Waals surface area contributed by atoms with Gasteiger partial charge in [-0.05, 0) is 32.0 Å². The average Bonchev–Trinajstić information content (AvgIpc) is 3.34. The SMILES string of the molecule is COc1ccc(-c2noc(CN3CCN(Cc4c(C)nn(C)c4C)CC3)n2)cc1OC. The largest absolute Gasteiger partial charge is 0.493 e. The van der Waals surface area contributed by atoms with E-state index in [-0.39, 0.29) is 0 Å². The van der Waals surface area contributed by atoms with Gasteiger partial charge in [-0.25, -0.2) is 0 Å². The number of ether oxygens (including phenoxy) is 2. The lowest BCUT2D eigenvalue weighted by Crippen LogP contribution is -2.45. The first-order valence-electron chi connectivity index (χ1n) is 10.5. The average molecular weight is 427 g/mol. The maximum absolute atomic E-state index is 5.51. The number of rotatable bonds is 7. The van der Waals surface area contributed by atoms with Crippen LogP contribution in [-0.2, 0) is 20.1 Å². The molecule has 1 aliphatic heterocycles.